The summed E-state index contributed by atoms with van der Waals surface area (Å²) in [6.45, 7) is 36.0. The SMILES string of the molecule is Cc1cc(C(C)(C)C)ccc1N1c2cc(C(C)(C)C)ccc2B2c3cc4c(cc3N(c3ccc5c(c3)C(C)(C)CC5(C)C)c3cc(N(c5ccccc5)c5ccccc5)cc1c32)C(C)(C)CC4(C)C. The van der Waals surface area contributed by atoms with Crippen molar-refractivity contribution in [3.63, 3.8) is 0 Å². The van der Waals surface area contributed by atoms with Gasteiger partial charge in [-0.1, -0.05) is 170 Å². The number of para-hydroxylation sites is 2. The average Bonchev–Trinajstić information content (AvgIpc) is 3.59. The molecule has 2 aliphatic carbocycles. The van der Waals surface area contributed by atoms with Gasteiger partial charge in [-0.3, -0.25) is 0 Å². The molecule has 0 aromatic heterocycles. The third-order valence-corrected chi connectivity index (χ3v) is 16.6. The Balaban J connectivity index is 1.31. The van der Waals surface area contributed by atoms with E-state index in [9.17, 15) is 0 Å². The summed E-state index contributed by atoms with van der Waals surface area (Å²) in [5, 5.41) is 0. The molecule has 0 atom stereocenters. The lowest BCUT2D eigenvalue weighted by atomic mass is 9.33. The molecule has 0 saturated heterocycles. The van der Waals surface area contributed by atoms with Gasteiger partial charge in [0.05, 0.1) is 5.69 Å². The topological polar surface area (TPSA) is 9.72 Å². The van der Waals surface area contributed by atoms with Crippen LogP contribution >= 0.6 is 0 Å². The van der Waals surface area contributed by atoms with Crippen LogP contribution in [0.15, 0.2) is 140 Å². The van der Waals surface area contributed by atoms with Gasteiger partial charge >= 0.3 is 0 Å². The lowest BCUT2D eigenvalue weighted by molar-refractivity contribution is 0.403. The first kappa shape index (κ1) is 45.4. The van der Waals surface area contributed by atoms with Crippen molar-refractivity contribution in [3.8, 4) is 0 Å². The van der Waals surface area contributed by atoms with Gasteiger partial charge in [-0.25, -0.2) is 0 Å². The summed E-state index contributed by atoms with van der Waals surface area (Å²) in [4.78, 5) is 7.81. The fraction of sp³-hybridized carbons (Fsp3) is 0.354. The Morgan fingerprint density at radius 3 is 1.48 bits per heavy atom. The standard InChI is InChI=1S/C65H72BN3/c1-41-32-42(60(2,3)4)27-31-54(41)69-55-33-43(61(5,6)7)26-30-52(55)66-53-37-50-51(65(14,15)40-64(50,12)13)38-56(53)68(46-28-29-48-49(34-46)63(10,11)39-62(48,8)9)57-35-47(36-58(69)59(57)66)67(44-22-18-16-19-23-44)45-24-20-17-21-25-45/h16-38H,39-40H2,1-15H3. The van der Waals surface area contributed by atoms with Crippen LogP contribution in [0, 0.1) is 6.92 Å². The smallest absolute Gasteiger partial charge is 0.252 e. The molecule has 7 aromatic rings. The Hall–Kier alpha value is -6.00. The van der Waals surface area contributed by atoms with Crippen LogP contribution in [0.1, 0.15) is 149 Å². The maximum atomic E-state index is 2.69. The molecule has 0 saturated carbocycles. The van der Waals surface area contributed by atoms with Crippen molar-refractivity contribution < 1.29 is 0 Å². The molecule has 0 amide bonds. The summed E-state index contributed by atoms with van der Waals surface area (Å²) >= 11 is 0. The van der Waals surface area contributed by atoms with E-state index in [0.717, 1.165) is 29.9 Å². The second kappa shape index (κ2) is 15.0. The number of nitrogens with zero attached hydrogens (tertiary/aromatic N) is 3. The van der Waals surface area contributed by atoms with Gasteiger partial charge in [0.25, 0.3) is 6.71 Å². The van der Waals surface area contributed by atoms with Crippen molar-refractivity contribution in [2.24, 2.45) is 0 Å². The summed E-state index contributed by atoms with van der Waals surface area (Å²) in [6, 6.07) is 54.4. The average molecular weight is 906 g/mol. The number of hydrogen-bond acceptors (Lipinski definition) is 3. The molecule has 0 bridgehead atoms. The number of anilines is 9. The van der Waals surface area contributed by atoms with Crippen LogP contribution in [0.25, 0.3) is 0 Å². The molecule has 2 heterocycles. The molecule has 4 aliphatic rings. The third kappa shape index (κ3) is 7.13. The highest BCUT2D eigenvalue weighted by Gasteiger charge is 2.49. The molecule has 0 fully saturated rings. The molecule has 7 aromatic carbocycles. The summed E-state index contributed by atoms with van der Waals surface area (Å²) in [5.74, 6) is 0. The molecule has 350 valence electrons. The van der Waals surface area contributed by atoms with Crippen molar-refractivity contribution in [2.75, 3.05) is 14.7 Å². The van der Waals surface area contributed by atoms with E-state index in [-0.39, 0.29) is 39.2 Å². The fourth-order valence-electron chi connectivity index (χ4n) is 13.7. The van der Waals surface area contributed by atoms with Crippen LogP contribution in [0.5, 0.6) is 0 Å². The van der Waals surface area contributed by atoms with Gasteiger partial charge in [0, 0.05) is 45.5 Å². The lowest BCUT2D eigenvalue weighted by Gasteiger charge is -2.46. The summed E-state index contributed by atoms with van der Waals surface area (Å²) in [5.41, 5.74) is 25.0. The molecule has 0 spiro atoms. The van der Waals surface area contributed by atoms with Gasteiger partial charge in [0.1, 0.15) is 0 Å². The highest BCUT2D eigenvalue weighted by atomic mass is 15.2. The van der Waals surface area contributed by atoms with Gasteiger partial charge in [0.2, 0.25) is 0 Å². The van der Waals surface area contributed by atoms with Crippen molar-refractivity contribution in [1.82, 2.24) is 0 Å². The molecule has 0 radical (unpaired) electrons. The second-order valence-corrected chi connectivity index (χ2v) is 25.9. The Kier molecular flexibility index (Phi) is 9.88. The third-order valence-electron chi connectivity index (χ3n) is 16.6. The second-order valence-electron chi connectivity index (χ2n) is 25.9. The first-order valence-electron chi connectivity index (χ1n) is 25.6. The predicted molar refractivity (Wildman–Crippen MR) is 299 cm³/mol. The Bertz CT molecular complexity index is 3170. The normalized spacial score (nSPS) is 17.8. The summed E-state index contributed by atoms with van der Waals surface area (Å²) in [7, 11) is 0. The zero-order valence-electron chi connectivity index (χ0n) is 44.1. The molecule has 11 rings (SSSR count). The number of aryl methyl sites for hydroxylation is 1. The minimum Gasteiger partial charge on any atom is -0.311 e. The minimum atomic E-state index is -0.0514. The number of hydrogen-bond donors (Lipinski definition) is 0. The maximum Gasteiger partial charge on any atom is 0.252 e. The number of fused-ring (bicyclic) bond motifs is 6. The largest absolute Gasteiger partial charge is 0.311 e. The van der Waals surface area contributed by atoms with Crippen LogP contribution in [0.3, 0.4) is 0 Å². The first-order chi connectivity index (χ1) is 32.4. The van der Waals surface area contributed by atoms with Crippen LogP contribution in [0.2, 0.25) is 0 Å². The Labute approximate surface area is 414 Å². The van der Waals surface area contributed by atoms with Gasteiger partial charge < -0.3 is 14.7 Å². The fourth-order valence-corrected chi connectivity index (χ4v) is 13.7. The molecule has 69 heavy (non-hydrogen) atoms. The summed E-state index contributed by atoms with van der Waals surface area (Å²) < 4.78 is 0. The van der Waals surface area contributed by atoms with Gasteiger partial charge in [-0.15, -0.1) is 0 Å². The molecule has 3 nitrogen and oxygen atoms in total. The van der Waals surface area contributed by atoms with Crippen LogP contribution in [0.4, 0.5) is 51.2 Å². The van der Waals surface area contributed by atoms with E-state index >= 15 is 0 Å². The van der Waals surface area contributed by atoms with Gasteiger partial charge in [-0.05, 0) is 174 Å². The highest BCUT2D eigenvalue weighted by Crippen LogP contribution is 2.56. The summed E-state index contributed by atoms with van der Waals surface area (Å²) in [6.07, 6.45) is 2.23. The van der Waals surface area contributed by atoms with Crippen molar-refractivity contribution >= 4 is 74.3 Å². The van der Waals surface area contributed by atoms with Crippen LogP contribution in [-0.2, 0) is 32.5 Å². The monoisotopic (exact) mass is 906 g/mol. The molecule has 2 aliphatic heterocycles. The minimum absolute atomic E-state index is 0.00115. The van der Waals surface area contributed by atoms with Crippen molar-refractivity contribution in [3.05, 3.63) is 178 Å². The first-order valence-corrected chi connectivity index (χ1v) is 25.6. The zero-order chi connectivity index (χ0) is 49.0. The number of rotatable bonds is 5. The Morgan fingerprint density at radius 2 is 0.913 bits per heavy atom. The number of benzene rings is 7. The van der Waals surface area contributed by atoms with E-state index in [4.69, 9.17) is 0 Å². The highest BCUT2D eigenvalue weighted by molar-refractivity contribution is 7.00. The quantitative estimate of drug-likeness (QED) is 0.159. The van der Waals surface area contributed by atoms with E-state index in [1.165, 1.54) is 89.5 Å². The molecule has 0 N–H and O–H groups in total. The van der Waals surface area contributed by atoms with Crippen LogP contribution in [-0.4, -0.2) is 6.71 Å². The zero-order valence-corrected chi connectivity index (χ0v) is 44.1. The van der Waals surface area contributed by atoms with E-state index < -0.39 is 0 Å². The molecular formula is C65H72BN3. The molecular weight excluding hydrogens is 834 g/mol. The Morgan fingerprint density at radius 1 is 0.420 bits per heavy atom. The van der Waals surface area contributed by atoms with Gasteiger partial charge in [-0.2, -0.15) is 0 Å². The van der Waals surface area contributed by atoms with E-state index in [0.29, 0.717) is 0 Å². The lowest BCUT2D eigenvalue weighted by Crippen LogP contribution is -2.61. The maximum absolute atomic E-state index is 2.69. The van der Waals surface area contributed by atoms with Crippen molar-refractivity contribution in [2.45, 2.75) is 149 Å². The van der Waals surface area contributed by atoms with E-state index in [2.05, 4.69) is 258 Å². The van der Waals surface area contributed by atoms with Gasteiger partial charge in [0.15, 0.2) is 0 Å². The predicted octanol–water partition coefficient (Wildman–Crippen LogP) is 16.1. The molecule has 4 heteroatoms. The van der Waals surface area contributed by atoms with Crippen LogP contribution < -0.4 is 31.1 Å². The molecule has 0 unspecified atom stereocenters. The van der Waals surface area contributed by atoms with E-state index in [1.54, 1.807) is 0 Å². The van der Waals surface area contributed by atoms with Crippen molar-refractivity contribution in [1.29, 1.82) is 0 Å². The van der Waals surface area contributed by atoms with E-state index in [1.807, 2.05) is 0 Å².